The number of halogens is 1. The number of amides is 2. The number of aryl methyl sites for hydroxylation is 1. The van der Waals surface area contributed by atoms with Crippen molar-refractivity contribution in [1.29, 1.82) is 0 Å². The number of rotatable bonds is 3. The van der Waals surface area contributed by atoms with Crippen LogP contribution in [0.3, 0.4) is 0 Å². The Morgan fingerprint density at radius 2 is 2.00 bits per heavy atom. The number of unbranched alkanes of at least 4 members (excludes halogenated alkanes) is 1. The van der Waals surface area contributed by atoms with Crippen molar-refractivity contribution in [3.05, 3.63) is 33.8 Å². The zero-order chi connectivity index (χ0) is 11.7. The second-order valence-corrected chi connectivity index (χ2v) is 4.23. The first-order valence-electron chi connectivity index (χ1n) is 5.32. The number of fused-ring (bicyclic) bond motifs is 1. The zero-order valence-electron chi connectivity index (χ0n) is 8.97. The van der Waals surface area contributed by atoms with Gasteiger partial charge < -0.3 is 0 Å². The van der Waals surface area contributed by atoms with Gasteiger partial charge in [0.1, 0.15) is 0 Å². The molecule has 1 aliphatic heterocycles. The average molecular weight is 238 g/mol. The molecule has 2 rings (SSSR count). The van der Waals surface area contributed by atoms with Crippen LogP contribution in [0.5, 0.6) is 0 Å². The highest BCUT2D eigenvalue weighted by atomic mass is 35.5. The second-order valence-electron chi connectivity index (χ2n) is 3.85. The monoisotopic (exact) mass is 237 g/mol. The van der Waals surface area contributed by atoms with Gasteiger partial charge in [0.25, 0.3) is 11.8 Å². The van der Waals surface area contributed by atoms with E-state index in [9.17, 15) is 9.59 Å². The maximum Gasteiger partial charge on any atom is 0.260 e. The van der Waals surface area contributed by atoms with Crippen molar-refractivity contribution in [2.24, 2.45) is 0 Å². The highest BCUT2D eigenvalue weighted by Gasteiger charge is 2.29. The predicted octanol–water partition coefficient (Wildman–Crippen LogP) is 2.57. The van der Waals surface area contributed by atoms with Gasteiger partial charge >= 0.3 is 0 Å². The molecular weight excluding hydrogens is 226 g/mol. The zero-order valence-corrected chi connectivity index (χ0v) is 9.73. The summed E-state index contributed by atoms with van der Waals surface area (Å²) in [5.74, 6) is -0.743. The Morgan fingerprint density at radius 1 is 1.25 bits per heavy atom. The predicted molar refractivity (Wildman–Crippen MR) is 61.9 cm³/mol. The summed E-state index contributed by atoms with van der Waals surface area (Å²) in [6.07, 6.45) is 2.93. The Balaban J connectivity index is 2.44. The molecule has 84 valence electrons. The highest BCUT2D eigenvalue weighted by Crippen LogP contribution is 2.28. The lowest BCUT2D eigenvalue weighted by molar-refractivity contribution is 0.0879. The number of carbonyl (C=O) groups is 2. The van der Waals surface area contributed by atoms with Gasteiger partial charge in [-0.3, -0.25) is 14.9 Å². The highest BCUT2D eigenvalue weighted by molar-refractivity contribution is 6.38. The number of hydrogen-bond donors (Lipinski definition) is 1. The van der Waals surface area contributed by atoms with Crippen molar-refractivity contribution in [3.63, 3.8) is 0 Å². The Morgan fingerprint density at radius 3 is 2.69 bits per heavy atom. The van der Waals surface area contributed by atoms with E-state index in [1.165, 1.54) is 0 Å². The molecule has 16 heavy (non-hydrogen) atoms. The van der Waals surface area contributed by atoms with Crippen LogP contribution in [0.15, 0.2) is 12.1 Å². The Labute approximate surface area is 98.8 Å². The summed E-state index contributed by atoms with van der Waals surface area (Å²) in [5, 5.41) is 2.67. The van der Waals surface area contributed by atoms with Gasteiger partial charge in [-0.05, 0) is 24.5 Å². The van der Waals surface area contributed by atoms with E-state index in [1.807, 2.05) is 6.07 Å². The first kappa shape index (κ1) is 11.1. The summed E-state index contributed by atoms with van der Waals surface area (Å²) >= 11 is 6.14. The SMILES string of the molecule is CCCCc1ccc2c(c1Cl)C(=O)NC2=O. The van der Waals surface area contributed by atoms with Crippen LogP contribution in [-0.2, 0) is 6.42 Å². The summed E-state index contributed by atoms with van der Waals surface area (Å²) in [6.45, 7) is 2.09. The molecule has 0 saturated heterocycles. The summed E-state index contributed by atoms with van der Waals surface area (Å²) in [6, 6.07) is 3.50. The minimum Gasteiger partial charge on any atom is -0.288 e. The molecule has 0 bridgehead atoms. The van der Waals surface area contributed by atoms with Crippen LogP contribution in [0, 0.1) is 0 Å². The van der Waals surface area contributed by atoms with Crippen molar-refractivity contribution in [1.82, 2.24) is 5.32 Å². The van der Waals surface area contributed by atoms with Gasteiger partial charge in [0, 0.05) is 0 Å². The Kier molecular flexibility index (Phi) is 2.97. The van der Waals surface area contributed by atoms with Gasteiger partial charge in [-0.25, -0.2) is 0 Å². The molecule has 1 heterocycles. The number of carbonyl (C=O) groups excluding carboxylic acids is 2. The average Bonchev–Trinajstić information content (AvgIpc) is 2.54. The lowest BCUT2D eigenvalue weighted by Crippen LogP contribution is -2.20. The summed E-state index contributed by atoms with van der Waals surface area (Å²) in [4.78, 5) is 22.9. The Hall–Kier alpha value is -1.35. The standard InChI is InChI=1S/C12H12ClNO2/c1-2-3-4-7-5-6-8-9(10(7)13)12(16)14-11(8)15/h5-6H,2-4H2,1H3,(H,14,15,16). The van der Waals surface area contributed by atoms with Crippen LogP contribution in [0.25, 0.3) is 0 Å². The molecule has 0 saturated carbocycles. The molecule has 0 aliphatic carbocycles. The van der Waals surface area contributed by atoms with Gasteiger partial charge in [0.2, 0.25) is 0 Å². The lowest BCUT2D eigenvalue weighted by Gasteiger charge is -2.05. The van der Waals surface area contributed by atoms with Crippen molar-refractivity contribution in [2.75, 3.05) is 0 Å². The van der Waals surface area contributed by atoms with Gasteiger partial charge in [-0.1, -0.05) is 31.0 Å². The van der Waals surface area contributed by atoms with Crippen LogP contribution < -0.4 is 5.32 Å². The maximum absolute atomic E-state index is 11.5. The third-order valence-electron chi connectivity index (χ3n) is 2.72. The number of imide groups is 1. The summed E-state index contributed by atoms with van der Waals surface area (Å²) in [5.41, 5.74) is 1.66. The lowest BCUT2D eigenvalue weighted by atomic mass is 10.0. The molecule has 3 nitrogen and oxygen atoms in total. The normalized spacial score (nSPS) is 13.9. The summed E-state index contributed by atoms with van der Waals surface area (Å²) in [7, 11) is 0. The first-order chi connectivity index (χ1) is 7.65. The van der Waals surface area contributed by atoms with E-state index in [1.54, 1.807) is 6.07 Å². The molecule has 0 radical (unpaired) electrons. The van der Waals surface area contributed by atoms with E-state index in [4.69, 9.17) is 11.6 Å². The van der Waals surface area contributed by atoms with Crippen molar-refractivity contribution < 1.29 is 9.59 Å². The fourth-order valence-corrected chi connectivity index (χ4v) is 2.17. The second kappa shape index (κ2) is 4.26. The molecule has 1 aromatic carbocycles. The van der Waals surface area contributed by atoms with Crippen LogP contribution in [-0.4, -0.2) is 11.8 Å². The minimum absolute atomic E-state index is 0.334. The van der Waals surface area contributed by atoms with Gasteiger partial charge in [-0.2, -0.15) is 0 Å². The van der Waals surface area contributed by atoms with Crippen molar-refractivity contribution in [2.45, 2.75) is 26.2 Å². The third kappa shape index (κ3) is 1.71. The molecular formula is C12H12ClNO2. The number of hydrogen-bond acceptors (Lipinski definition) is 2. The van der Waals surface area contributed by atoms with Crippen LogP contribution >= 0.6 is 11.6 Å². The van der Waals surface area contributed by atoms with Gasteiger partial charge in [0.15, 0.2) is 0 Å². The molecule has 0 fully saturated rings. The molecule has 0 aromatic heterocycles. The minimum atomic E-state index is -0.386. The summed E-state index contributed by atoms with van der Waals surface area (Å²) < 4.78 is 0. The molecule has 0 unspecified atom stereocenters. The van der Waals surface area contributed by atoms with E-state index in [-0.39, 0.29) is 11.8 Å². The first-order valence-corrected chi connectivity index (χ1v) is 5.70. The van der Waals surface area contributed by atoms with Gasteiger partial charge in [-0.15, -0.1) is 0 Å². The van der Waals surface area contributed by atoms with E-state index in [0.29, 0.717) is 16.1 Å². The molecule has 0 atom stereocenters. The number of benzene rings is 1. The molecule has 0 spiro atoms. The Bertz CT molecular complexity index is 468. The molecule has 2 amide bonds. The smallest absolute Gasteiger partial charge is 0.260 e. The molecule has 4 heteroatoms. The van der Waals surface area contributed by atoms with Crippen LogP contribution in [0.1, 0.15) is 46.0 Å². The van der Waals surface area contributed by atoms with E-state index in [0.717, 1.165) is 24.8 Å². The largest absolute Gasteiger partial charge is 0.288 e. The van der Waals surface area contributed by atoms with Crippen molar-refractivity contribution in [3.8, 4) is 0 Å². The number of nitrogens with one attached hydrogen (secondary N) is 1. The van der Waals surface area contributed by atoms with E-state index in [2.05, 4.69) is 12.2 Å². The third-order valence-corrected chi connectivity index (χ3v) is 3.15. The fourth-order valence-electron chi connectivity index (χ4n) is 1.82. The maximum atomic E-state index is 11.5. The molecule has 1 aliphatic rings. The molecule has 1 aromatic rings. The van der Waals surface area contributed by atoms with Crippen molar-refractivity contribution >= 4 is 23.4 Å². The fraction of sp³-hybridized carbons (Fsp3) is 0.333. The quantitative estimate of drug-likeness (QED) is 0.822. The van der Waals surface area contributed by atoms with E-state index >= 15 is 0 Å². The van der Waals surface area contributed by atoms with Crippen LogP contribution in [0.2, 0.25) is 5.02 Å². The molecule has 1 N–H and O–H groups in total. The van der Waals surface area contributed by atoms with Crippen LogP contribution in [0.4, 0.5) is 0 Å². The van der Waals surface area contributed by atoms with E-state index < -0.39 is 0 Å². The topological polar surface area (TPSA) is 46.2 Å². The van der Waals surface area contributed by atoms with Gasteiger partial charge in [0.05, 0.1) is 16.1 Å².